The monoisotopic (exact) mass is 151 g/mol. The van der Waals surface area contributed by atoms with Crippen LogP contribution in [0.2, 0.25) is 0 Å². The lowest BCUT2D eigenvalue weighted by molar-refractivity contribution is -0.118. The van der Waals surface area contributed by atoms with Gasteiger partial charge in [0.05, 0.1) is 0 Å². The molecule has 58 valence electrons. The van der Waals surface area contributed by atoms with Crippen molar-refractivity contribution in [2.24, 2.45) is 10.7 Å². The van der Waals surface area contributed by atoms with Crippen LogP contribution in [0.25, 0.3) is 0 Å². The van der Waals surface area contributed by atoms with Crippen molar-refractivity contribution >= 4 is 12.1 Å². The SMILES string of the molecule is NC(=O)C1C=NC=CC=CN1. The summed E-state index contributed by atoms with van der Waals surface area (Å²) in [5.41, 5.74) is 5.04. The lowest BCUT2D eigenvalue weighted by Crippen LogP contribution is -2.39. The van der Waals surface area contributed by atoms with E-state index in [4.69, 9.17) is 5.73 Å². The van der Waals surface area contributed by atoms with Crippen LogP contribution in [0.5, 0.6) is 0 Å². The summed E-state index contributed by atoms with van der Waals surface area (Å²) in [6, 6.07) is -0.504. The zero-order chi connectivity index (χ0) is 8.10. The third kappa shape index (κ3) is 2.25. The van der Waals surface area contributed by atoms with Gasteiger partial charge in [0.25, 0.3) is 0 Å². The van der Waals surface area contributed by atoms with Crippen molar-refractivity contribution in [3.8, 4) is 0 Å². The van der Waals surface area contributed by atoms with Crippen molar-refractivity contribution in [3.63, 3.8) is 0 Å². The van der Waals surface area contributed by atoms with Crippen LogP contribution in [0.15, 0.2) is 29.5 Å². The minimum atomic E-state index is -0.504. The van der Waals surface area contributed by atoms with Gasteiger partial charge in [-0.15, -0.1) is 0 Å². The molecule has 1 heterocycles. The van der Waals surface area contributed by atoms with Crippen LogP contribution in [-0.4, -0.2) is 18.2 Å². The Morgan fingerprint density at radius 1 is 1.55 bits per heavy atom. The Morgan fingerprint density at radius 2 is 2.36 bits per heavy atom. The van der Waals surface area contributed by atoms with Gasteiger partial charge in [0, 0.05) is 12.4 Å². The van der Waals surface area contributed by atoms with Gasteiger partial charge in [0.2, 0.25) is 5.91 Å². The van der Waals surface area contributed by atoms with Gasteiger partial charge < -0.3 is 11.1 Å². The van der Waals surface area contributed by atoms with E-state index in [1.165, 1.54) is 6.21 Å². The largest absolute Gasteiger partial charge is 0.375 e. The molecule has 0 bridgehead atoms. The second-order valence-corrected chi connectivity index (χ2v) is 2.05. The zero-order valence-electron chi connectivity index (χ0n) is 5.90. The van der Waals surface area contributed by atoms with Crippen molar-refractivity contribution in [1.82, 2.24) is 5.32 Å². The highest BCUT2D eigenvalue weighted by Crippen LogP contribution is 1.85. The van der Waals surface area contributed by atoms with E-state index in [1.54, 1.807) is 24.6 Å². The van der Waals surface area contributed by atoms with Crippen LogP contribution < -0.4 is 11.1 Å². The fourth-order valence-electron chi connectivity index (χ4n) is 0.649. The molecule has 1 amide bonds. The van der Waals surface area contributed by atoms with Gasteiger partial charge in [-0.25, -0.2) is 0 Å². The molecule has 1 unspecified atom stereocenters. The molecule has 4 heteroatoms. The average Bonchev–Trinajstić information content (AvgIpc) is 1.84. The molecule has 1 aliphatic rings. The van der Waals surface area contributed by atoms with Crippen LogP contribution in [-0.2, 0) is 4.79 Å². The number of amides is 1. The van der Waals surface area contributed by atoms with E-state index in [0.717, 1.165) is 0 Å². The molecule has 0 saturated heterocycles. The Bertz CT molecular complexity index is 230. The van der Waals surface area contributed by atoms with Gasteiger partial charge in [0.1, 0.15) is 6.04 Å². The number of hydrogen-bond acceptors (Lipinski definition) is 3. The van der Waals surface area contributed by atoms with E-state index in [-0.39, 0.29) is 0 Å². The minimum Gasteiger partial charge on any atom is -0.375 e. The summed E-state index contributed by atoms with van der Waals surface area (Å²) < 4.78 is 0. The van der Waals surface area contributed by atoms with Gasteiger partial charge in [-0.3, -0.25) is 9.79 Å². The first-order valence-electron chi connectivity index (χ1n) is 3.21. The number of carbonyl (C=O) groups is 1. The summed E-state index contributed by atoms with van der Waals surface area (Å²) in [6.07, 6.45) is 8.19. The second kappa shape index (κ2) is 3.55. The summed E-state index contributed by atoms with van der Waals surface area (Å²) in [6.45, 7) is 0. The van der Waals surface area contributed by atoms with Crippen LogP contribution in [0.3, 0.4) is 0 Å². The quantitative estimate of drug-likeness (QED) is 0.532. The molecule has 0 saturated carbocycles. The zero-order valence-corrected chi connectivity index (χ0v) is 5.90. The number of rotatable bonds is 1. The topological polar surface area (TPSA) is 67.5 Å². The van der Waals surface area contributed by atoms with E-state index < -0.39 is 11.9 Å². The van der Waals surface area contributed by atoms with Crippen LogP contribution in [0, 0.1) is 0 Å². The number of aliphatic imine (C=N–C) groups is 1. The Hall–Kier alpha value is -1.58. The molecule has 1 rings (SSSR count). The Morgan fingerprint density at radius 3 is 3.09 bits per heavy atom. The summed E-state index contributed by atoms with van der Waals surface area (Å²) in [5, 5.41) is 2.77. The highest BCUT2D eigenvalue weighted by Gasteiger charge is 2.08. The predicted molar refractivity (Wildman–Crippen MR) is 42.9 cm³/mol. The fourth-order valence-corrected chi connectivity index (χ4v) is 0.649. The number of hydrogen-bond donors (Lipinski definition) is 2. The average molecular weight is 151 g/mol. The van der Waals surface area contributed by atoms with Crippen molar-refractivity contribution in [1.29, 1.82) is 0 Å². The van der Waals surface area contributed by atoms with Crippen molar-refractivity contribution in [3.05, 3.63) is 24.6 Å². The van der Waals surface area contributed by atoms with Crippen LogP contribution >= 0.6 is 0 Å². The molecule has 0 radical (unpaired) electrons. The Kier molecular flexibility index (Phi) is 2.43. The highest BCUT2D eigenvalue weighted by molar-refractivity contribution is 5.96. The van der Waals surface area contributed by atoms with E-state index in [1.807, 2.05) is 0 Å². The summed E-state index contributed by atoms with van der Waals surface area (Å²) in [7, 11) is 0. The van der Waals surface area contributed by atoms with E-state index >= 15 is 0 Å². The number of nitrogens with one attached hydrogen (secondary N) is 1. The molecule has 1 aliphatic heterocycles. The first-order chi connectivity index (χ1) is 5.30. The first-order valence-corrected chi connectivity index (χ1v) is 3.21. The number of nitrogens with two attached hydrogens (primary N) is 1. The van der Waals surface area contributed by atoms with Crippen LogP contribution in [0.1, 0.15) is 0 Å². The molecular weight excluding hydrogens is 142 g/mol. The minimum absolute atomic E-state index is 0.436. The molecule has 3 N–H and O–H groups in total. The Labute approximate surface area is 64.5 Å². The molecule has 0 aromatic carbocycles. The summed E-state index contributed by atoms with van der Waals surface area (Å²) in [4.78, 5) is 14.4. The first kappa shape index (κ1) is 7.53. The number of carbonyl (C=O) groups excluding carboxylic acids is 1. The lowest BCUT2D eigenvalue weighted by Gasteiger charge is -2.07. The smallest absolute Gasteiger partial charge is 0.245 e. The standard InChI is InChI=1S/C7H9N3O/c8-7(11)6-5-9-3-1-2-4-10-6/h1-6,10H,(H2,8,11). The van der Waals surface area contributed by atoms with Gasteiger partial charge >= 0.3 is 0 Å². The number of allylic oxidation sites excluding steroid dienone is 2. The molecule has 0 fully saturated rings. The molecule has 0 aliphatic carbocycles. The van der Waals surface area contributed by atoms with Crippen molar-refractivity contribution in [2.75, 3.05) is 0 Å². The van der Waals surface area contributed by atoms with E-state index in [2.05, 4.69) is 10.3 Å². The van der Waals surface area contributed by atoms with E-state index in [9.17, 15) is 4.79 Å². The van der Waals surface area contributed by atoms with Crippen molar-refractivity contribution < 1.29 is 4.79 Å². The van der Waals surface area contributed by atoms with E-state index in [0.29, 0.717) is 0 Å². The van der Waals surface area contributed by atoms with Gasteiger partial charge in [-0.05, 0) is 18.4 Å². The summed E-state index contributed by atoms with van der Waals surface area (Å²) in [5.74, 6) is -0.436. The maximum Gasteiger partial charge on any atom is 0.245 e. The molecule has 0 spiro atoms. The Balaban J connectivity index is 2.68. The molecule has 0 aromatic rings. The van der Waals surface area contributed by atoms with Gasteiger partial charge in [-0.2, -0.15) is 0 Å². The van der Waals surface area contributed by atoms with Gasteiger partial charge in [0.15, 0.2) is 0 Å². The molecular formula is C7H9N3O. The summed E-state index contributed by atoms with van der Waals surface area (Å²) >= 11 is 0. The lowest BCUT2D eigenvalue weighted by atomic mass is 10.3. The fraction of sp³-hybridized carbons (Fsp3) is 0.143. The third-order valence-electron chi connectivity index (χ3n) is 1.20. The maximum absolute atomic E-state index is 10.6. The number of nitrogens with zero attached hydrogens (tertiary/aromatic N) is 1. The highest BCUT2D eigenvalue weighted by atomic mass is 16.1. The van der Waals surface area contributed by atoms with Crippen molar-refractivity contribution in [2.45, 2.75) is 6.04 Å². The normalized spacial score (nSPS) is 22.0. The molecule has 11 heavy (non-hydrogen) atoms. The maximum atomic E-state index is 10.6. The molecule has 0 aromatic heterocycles. The third-order valence-corrected chi connectivity index (χ3v) is 1.20. The molecule has 1 atom stereocenters. The second-order valence-electron chi connectivity index (χ2n) is 2.05. The number of primary amides is 1. The van der Waals surface area contributed by atoms with Crippen LogP contribution in [0.4, 0.5) is 0 Å². The van der Waals surface area contributed by atoms with Gasteiger partial charge in [-0.1, -0.05) is 0 Å². The predicted octanol–water partition coefficient (Wildman–Crippen LogP) is -0.458. The molecule has 4 nitrogen and oxygen atoms in total.